The SMILES string of the molecule is Cc1cccc(/C=C\C(=O)N2CCN(CCC(=O)NC3CC3)CC2)c1. The fourth-order valence-electron chi connectivity index (χ4n) is 3.03. The van der Waals surface area contributed by atoms with Crippen molar-refractivity contribution in [3.05, 3.63) is 41.5 Å². The van der Waals surface area contributed by atoms with Crippen LogP contribution >= 0.6 is 0 Å². The summed E-state index contributed by atoms with van der Waals surface area (Å²) in [4.78, 5) is 28.2. The van der Waals surface area contributed by atoms with Gasteiger partial charge in [-0.25, -0.2) is 0 Å². The van der Waals surface area contributed by atoms with Crippen LogP contribution < -0.4 is 5.32 Å². The molecule has 1 aliphatic heterocycles. The van der Waals surface area contributed by atoms with Crippen molar-refractivity contribution in [2.75, 3.05) is 32.7 Å². The lowest BCUT2D eigenvalue weighted by molar-refractivity contribution is -0.128. The highest BCUT2D eigenvalue weighted by Crippen LogP contribution is 2.18. The van der Waals surface area contributed by atoms with Crippen LogP contribution in [0.2, 0.25) is 0 Å². The molecule has 3 rings (SSSR count). The van der Waals surface area contributed by atoms with E-state index in [1.54, 1.807) is 6.08 Å². The van der Waals surface area contributed by atoms with Crippen LogP contribution in [0, 0.1) is 6.92 Å². The van der Waals surface area contributed by atoms with Crippen molar-refractivity contribution in [1.29, 1.82) is 0 Å². The van der Waals surface area contributed by atoms with Gasteiger partial charge in [-0.3, -0.25) is 14.5 Å². The second kappa shape index (κ2) is 8.30. The minimum Gasteiger partial charge on any atom is -0.353 e. The van der Waals surface area contributed by atoms with Gasteiger partial charge < -0.3 is 10.2 Å². The predicted molar refractivity (Wildman–Crippen MR) is 99.0 cm³/mol. The maximum atomic E-state index is 12.3. The normalized spacial score (nSPS) is 18.5. The van der Waals surface area contributed by atoms with Gasteiger partial charge in [0, 0.05) is 51.3 Å². The number of rotatable bonds is 6. The molecule has 0 aromatic heterocycles. The van der Waals surface area contributed by atoms with Crippen LogP contribution in [0.4, 0.5) is 0 Å². The second-order valence-electron chi connectivity index (χ2n) is 7.01. The van der Waals surface area contributed by atoms with Crippen LogP contribution in [0.25, 0.3) is 6.08 Å². The summed E-state index contributed by atoms with van der Waals surface area (Å²) in [6.07, 6.45) is 6.35. The fourth-order valence-corrected chi connectivity index (χ4v) is 3.03. The maximum Gasteiger partial charge on any atom is 0.246 e. The standard InChI is InChI=1S/C20H27N3O2/c1-16-3-2-4-17(15-16)5-8-20(25)23-13-11-22(12-14-23)10-9-19(24)21-18-6-7-18/h2-5,8,15,18H,6-7,9-14H2,1H3,(H,21,24)/b8-5-. The molecule has 5 heteroatoms. The molecule has 0 radical (unpaired) electrons. The Bertz CT molecular complexity index is 644. The molecule has 0 spiro atoms. The third-order valence-electron chi connectivity index (χ3n) is 4.74. The monoisotopic (exact) mass is 341 g/mol. The average molecular weight is 341 g/mol. The second-order valence-corrected chi connectivity index (χ2v) is 7.01. The molecule has 134 valence electrons. The van der Waals surface area contributed by atoms with Crippen molar-refractivity contribution >= 4 is 17.9 Å². The molecule has 1 aliphatic carbocycles. The first-order valence-electron chi connectivity index (χ1n) is 9.15. The Morgan fingerprint density at radius 3 is 2.64 bits per heavy atom. The Labute approximate surface area is 149 Å². The van der Waals surface area contributed by atoms with Gasteiger partial charge in [-0.2, -0.15) is 0 Å². The third-order valence-corrected chi connectivity index (χ3v) is 4.74. The van der Waals surface area contributed by atoms with E-state index in [1.807, 2.05) is 36.1 Å². The number of carbonyl (C=O) groups excluding carboxylic acids is 2. The topological polar surface area (TPSA) is 52.7 Å². The Kier molecular flexibility index (Phi) is 5.87. The van der Waals surface area contributed by atoms with Crippen LogP contribution in [-0.4, -0.2) is 60.4 Å². The first kappa shape index (κ1) is 17.7. The number of carbonyl (C=O) groups is 2. The van der Waals surface area contributed by atoms with E-state index in [1.165, 1.54) is 5.56 Å². The Morgan fingerprint density at radius 1 is 1.20 bits per heavy atom. The van der Waals surface area contributed by atoms with Gasteiger partial charge in [0.05, 0.1) is 0 Å². The molecule has 2 aliphatic rings. The summed E-state index contributed by atoms with van der Waals surface area (Å²) < 4.78 is 0. The van der Waals surface area contributed by atoms with E-state index in [2.05, 4.69) is 16.3 Å². The Morgan fingerprint density at radius 2 is 1.96 bits per heavy atom. The molecule has 1 heterocycles. The molecule has 1 N–H and O–H groups in total. The summed E-state index contributed by atoms with van der Waals surface area (Å²) in [7, 11) is 0. The first-order chi connectivity index (χ1) is 12.1. The molecule has 2 amide bonds. The van der Waals surface area contributed by atoms with Gasteiger partial charge in [0.1, 0.15) is 0 Å². The highest BCUT2D eigenvalue weighted by atomic mass is 16.2. The summed E-state index contributed by atoms with van der Waals surface area (Å²) in [5, 5.41) is 3.02. The Hall–Kier alpha value is -2.14. The fraction of sp³-hybridized carbons (Fsp3) is 0.500. The van der Waals surface area contributed by atoms with Gasteiger partial charge in [0.15, 0.2) is 0 Å². The number of hydrogen-bond donors (Lipinski definition) is 1. The van der Waals surface area contributed by atoms with Crippen LogP contribution in [-0.2, 0) is 9.59 Å². The molecule has 1 aromatic carbocycles. The largest absolute Gasteiger partial charge is 0.353 e. The van der Waals surface area contributed by atoms with E-state index in [0.717, 1.165) is 51.1 Å². The van der Waals surface area contributed by atoms with E-state index in [9.17, 15) is 9.59 Å². The molecule has 1 aromatic rings. The molecular weight excluding hydrogens is 314 g/mol. The smallest absolute Gasteiger partial charge is 0.246 e. The minimum atomic E-state index is 0.0626. The first-order valence-corrected chi connectivity index (χ1v) is 9.15. The zero-order chi connectivity index (χ0) is 17.6. The minimum absolute atomic E-state index is 0.0626. The Balaban J connectivity index is 1.39. The molecule has 1 saturated heterocycles. The molecule has 0 unspecified atom stereocenters. The van der Waals surface area contributed by atoms with E-state index >= 15 is 0 Å². The van der Waals surface area contributed by atoms with Gasteiger partial charge in [-0.05, 0) is 31.4 Å². The van der Waals surface area contributed by atoms with Crippen molar-refractivity contribution in [1.82, 2.24) is 15.1 Å². The molecular formula is C20H27N3O2. The molecule has 0 bridgehead atoms. The number of nitrogens with one attached hydrogen (secondary N) is 1. The van der Waals surface area contributed by atoms with Gasteiger partial charge in [-0.15, -0.1) is 0 Å². The lowest BCUT2D eigenvalue weighted by Gasteiger charge is -2.34. The van der Waals surface area contributed by atoms with E-state index in [-0.39, 0.29) is 11.8 Å². The number of amides is 2. The van der Waals surface area contributed by atoms with Crippen LogP contribution in [0.15, 0.2) is 30.3 Å². The zero-order valence-corrected chi connectivity index (χ0v) is 14.9. The van der Waals surface area contributed by atoms with Gasteiger partial charge >= 0.3 is 0 Å². The molecule has 2 fully saturated rings. The van der Waals surface area contributed by atoms with Crippen LogP contribution in [0.3, 0.4) is 0 Å². The average Bonchev–Trinajstić information content (AvgIpc) is 3.42. The lowest BCUT2D eigenvalue weighted by atomic mass is 10.1. The van der Waals surface area contributed by atoms with Crippen molar-refractivity contribution in [3.63, 3.8) is 0 Å². The number of hydrogen-bond acceptors (Lipinski definition) is 3. The van der Waals surface area contributed by atoms with Crippen LogP contribution in [0.5, 0.6) is 0 Å². The maximum absolute atomic E-state index is 12.3. The van der Waals surface area contributed by atoms with E-state index in [0.29, 0.717) is 12.5 Å². The van der Waals surface area contributed by atoms with E-state index < -0.39 is 0 Å². The van der Waals surface area contributed by atoms with Crippen LogP contribution in [0.1, 0.15) is 30.4 Å². The van der Waals surface area contributed by atoms with Crippen molar-refractivity contribution in [2.45, 2.75) is 32.2 Å². The molecule has 25 heavy (non-hydrogen) atoms. The van der Waals surface area contributed by atoms with E-state index in [4.69, 9.17) is 0 Å². The van der Waals surface area contributed by atoms with Crippen molar-refractivity contribution in [3.8, 4) is 0 Å². The summed E-state index contributed by atoms with van der Waals surface area (Å²) >= 11 is 0. The summed E-state index contributed by atoms with van der Waals surface area (Å²) in [5.41, 5.74) is 2.24. The third kappa shape index (κ3) is 5.71. The number of piperazine rings is 1. The summed E-state index contributed by atoms with van der Waals surface area (Å²) in [6.45, 7) is 5.94. The number of nitrogens with zero attached hydrogens (tertiary/aromatic N) is 2. The lowest BCUT2D eigenvalue weighted by Crippen LogP contribution is -2.48. The highest BCUT2D eigenvalue weighted by molar-refractivity contribution is 5.91. The van der Waals surface area contributed by atoms with Gasteiger partial charge in [-0.1, -0.05) is 29.8 Å². The molecule has 0 atom stereocenters. The zero-order valence-electron chi connectivity index (χ0n) is 14.9. The van der Waals surface area contributed by atoms with Gasteiger partial charge in [0.2, 0.25) is 11.8 Å². The predicted octanol–water partition coefficient (Wildman–Crippen LogP) is 1.82. The molecule has 1 saturated carbocycles. The summed E-state index contributed by atoms with van der Waals surface area (Å²) in [5.74, 6) is 0.217. The summed E-state index contributed by atoms with van der Waals surface area (Å²) in [6, 6.07) is 8.54. The molecule has 5 nitrogen and oxygen atoms in total. The van der Waals surface area contributed by atoms with Crippen molar-refractivity contribution in [2.24, 2.45) is 0 Å². The van der Waals surface area contributed by atoms with Gasteiger partial charge in [0.25, 0.3) is 0 Å². The number of benzene rings is 1. The quantitative estimate of drug-likeness (QED) is 0.803. The highest BCUT2D eigenvalue weighted by Gasteiger charge is 2.24. The van der Waals surface area contributed by atoms with Crippen molar-refractivity contribution < 1.29 is 9.59 Å². The number of aryl methyl sites for hydroxylation is 1.